The molecule has 0 spiro atoms. The molecule has 124 valence electrons. The van der Waals surface area contributed by atoms with Gasteiger partial charge in [0.05, 0.1) is 17.7 Å². The lowest BCUT2D eigenvalue weighted by atomic mass is 10.1. The number of fused-ring (bicyclic) bond motifs is 1. The predicted molar refractivity (Wildman–Crippen MR) is 90.1 cm³/mol. The van der Waals surface area contributed by atoms with Gasteiger partial charge in [-0.25, -0.2) is 17.9 Å². The average Bonchev–Trinajstić information content (AvgIpc) is 3.32. The Morgan fingerprint density at radius 3 is 2.67 bits per heavy atom. The zero-order valence-electron chi connectivity index (χ0n) is 13.4. The van der Waals surface area contributed by atoms with Gasteiger partial charge in [0.1, 0.15) is 0 Å². The van der Waals surface area contributed by atoms with Crippen molar-refractivity contribution in [2.75, 3.05) is 13.4 Å². The van der Waals surface area contributed by atoms with E-state index in [2.05, 4.69) is 10.1 Å². The molecule has 0 bridgehead atoms. The molecule has 7 heteroatoms. The molecule has 1 saturated carbocycles. The summed E-state index contributed by atoms with van der Waals surface area (Å²) in [5.41, 5.74) is 2.22. The normalized spacial score (nSPS) is 14.9. The molecule has 0 amide bonds. The van der Waals surface area contributed by atoms with Crippen LogP contribution in [0, 0.1) is 0 Å². The van der Waals surface area contributed by atoms with Crippen molar-refractivity contribution < 1.29 is 13.2 Å². The van der Waals surface area contributed by atoms with Crippen LogP contribution in [0.3, 0.4) is 0 Å². The molecular weight excluding hydrogens is 326 g/mol. The molecule has 2 aromatic heterocycles. The molecule has 0 unspecified atom stereocenters. The predicted octanol–water partition coefficient (Wildman–Crippen LogP) is 2.69. The van der Waals surface area contributed by atoms with Crippen LogP contribution in [0.5, 0.6) is 5.75 Å². The lowest BCUT2D eigenvalue weighted by molar-refractivity contribution is 0.416. The molecule has 4 rings (SSSR count). The second-order valence-electron chi connectivity index (χ2n) is 6.07. The van der Waals surface area contributed by atoms with E-state index in [9.17, 15) is 8.42 Å². The second-order valence-corrected chi connectivity index (χ2v) is 8.08. The highest BCUT2D eigenvalue weighted by Crippen LogP contribution is 2.39. The number of sulfone groups is 1. The Hall–Kier alpha value is -2.41. The molecule has 6 nitrogen and oxygen atoms in total. The van der Waals surface area contributed by atoms with Gasteiger partial charge in [-0.2, -0.15) is 5.10 Å². The molecule has 0 aliphatic heterocycles. The van der Waals surface area contributed by atoms with Gasteiger partial charge in [-0.05, 0) is 37.1 Å². The lowest BCUT2D eigenvalue weighted by Crippen LogP contribution is -2.00. The lowest BCUT2D eigenvalue weighted by Gasteiger charge is -2.08. The van der Waals surface area contributed by atoms with E-state index < -0.39 is 9.84 Å². The summed E-state index contributed by atoms with van der Waals surface area (Å²) in [6, 6.07) is 10.6. The zero-order chi connectivity index (χ0) is 16.9. The number of hydrogen-bond acceptors (Lipinski definition) is 5. The Morgan fingerprint density at radius 2 is 2.00 bits per heavy atom. The maximum atomic E-state index is 11.8. The maximum Gasteiger partial charge on any atom is 0.198 e. The van der Waals surface area contributed by atoms with Crippen molar-refractivity contribution in [3.05, 3.63) is 42.2 Å². The summed E-state index contributed by atoms with van der Waals surface area (Å²) >= 11 is 0. The fourth-order valence-corrected chi connectivity index (χ4v) is 3.40. The van der Waals surface area contributed by atoms with Crippen LogP contribution in [0.25, 0.3) is 16.9 Å². The zero-order valence-corrected chi connectivity index (χ0v) is 14.2. The molecule has 0 N–H and O–H groups in total. The summed E-state index contributed by atoms with van der Waals surface area (Å²) in [5.74, 6) is 1.89. The van der Waals surface area contributed by atoms with E-state index in [1.54, 1.807) is 29.8 Å². The number of aromatic nitrogens is 3. The summed E-state index contributed by atoms with van der Waals surface area (Å²) in [6.07, 6.45) is 3.42. The minimum Gasteiger partial charge on any atom is -0.493 e. The summed E-state index contributed by atoms with van der Waals surface area (Å²) in [4.78, 5) is 4.90. The number of ether oxygens (including phenoxy) is 1. The topological polar surface area (TPSA) is 73.6 Å². The number of methoxy groups -OCH3 is 1. The Labute approximate surface area is 140 Å². The molecule has 1 aliphatic carbocycles. The van der Waals surface area contributed by atoms with Crippen molar-refractivity contribution >= 4 is 15.5 Å². The van der Waals surface area contributed by atoms with E-state index in [1.165, 1.54) is 6.26 Å². The van der Waals surface area contributed by atoms with Crippen LogP contribution in [0.4, 0.5) is 0 Å². The first-order chi connectivity index (χ1) is 11.5. The summed E-state index contributed by atoms with van der Waals surface area (Å²) in [5, 5.41) is 4.63. The van der Waals surface area contributed by atoms with Crippen molar-refractivity contribution in [3.63, 3.8) is 0 Å². The van der Waals surface area contributed by atoms with Gasteiger partial charge in [0, 0.05) is 17.7 Å². The third-order valence-electron chi connectivity index (χ3n) is 4.19. The molecule has 24 heavy (non-hydrogen) atoms. The summed E-state index contributed by atoms with van der Waals surface area (Å²) in [6.45, 7) is 0. The molecule has 0 radical (unpaired) electrons. The largest absolute Gasteiger partial charge is 0.493 e. The van der Waals surface area contributed by atoms with E-state index in [0.717, 1.165) is 29.9 Å². The molecule has 0 saturated heterocycles. The Kier molecular flexibility index (Phi) is 3.35. The molecule has 1 aliphatic rings. The van der Waals surface area contributed by atoms with Crippen LogP contribution in [-0.4, -0.2) is 36.4 Å². The van der Waals surface area contributed by atoms with Gasteiger partial charge in [-0.1, -0.05) is 12.1 Å². The summed E-state index contributed by atoms with van der Waals surface area (Å²) < 4.78 is 30.8. The van der Waals surface area contributed by atoms with Gasteiger partial charge >= 0.3 is 0 Å². The van der Waals surface area contributed by atoms with Gasteiger partial charge in [-0.15, -0.1) is 0 Å². The second kappa shape index (κ2) is 5.31. The molecule has 3 aromatic rings. The first-order valence-corrected chi connectivity index (χ1v) is 9.60. The summed E-state index contributed by atoms with van der Waals surface area (Å²) in [7, 11) is -1.67. The quantitative estimate of drug-likeness (QED) is 0.728. The Morgan fingerprint density at radius 1 is 1.21 bits per heavy atom. The fraction of sp³-hybridized carbons (Fsp3) is 0.294. The molecule has 0 atom stereocenters. The van der Waals surface area contributed by atoms with Gasteiger partial charge in [-0.3, -0.25) is 0 Å². The highest BCUT2D eigenvalue weighted by Gasteiger charge is 2.29. The van der Waals surface area contributed by atoms with Crippen molar-refractivity contribution in [2.45, 2.75) is 23.7 Å². The Balaban J connectivity index is 1.94. The standard InChI is InChI=1S/C17H17N3O3S/c1-23-15-9-8-14(12-4-3-5-13(10-12)24(2,21)22)20-17(15)18-16(19-20)11-6-7-11/h3-5,8-11H,6-7H2,1-2H3. The molecule has 2 heterocycles. The average molecular weight is 343 g/mol. The highest BCUT2D eigenvalue weighted by atomic mass is 32.2. The van der Waals surface area contributed by atoms with Crippen LogP contribution >= 0.6 is 0 Å². The number of pyridine rings is 1. The van der Waals surface area contributed by atoms with Crippen LogP contribution < -0.4 is 4.74 Å². The minimum absolute atomic E-state index is 0.284. The third kappa shape index (κ3) is 2.54. The van der Waals surface area contributed by atoms with Crippen LogP contribution in [0.15, 0.2) is 41.3 Å². The van der Waals surface area contributed by atoms with Crippen molar-refractivity contribution in [1.29, 1.82) is 0 Å². The third-order valence-corrected chi connectivity index (χ3v) is 5.30. The van der Waals surface area contributed by atoms with Gasteiger partial charge in [0.2, 0.25) is 0 Å². The van der Waals surface area contributed by atoms with E-state index in [4.69, 9.17) is 4.74 Å². The number of nitrogens with zero attached hydrogens (tertiary/aromatic N) is 3. The van der Waals surface area contributed by atoms with Crippen molar-refractivity contribution in [1.82, 2.24) is 14.6 Å². The van der Waals surface area contributed by atoms with Crippen molar-refractivity contribution in [2.24, 2.45) is 0 Å². The Bertz CT molecular complexity index is 1040. The van der Waals surface area contributed by atoms with E-state index in [-0.39, 0.29) is 4.90 Å². The number of benzene rings is 1. The smallest absolute Gasteiger partial charge is 0.198 e. The highest BCUT2D eigenvalue weighted by molar-refractivity contribution is 7.90. The molecule has 1 fully saturated rings. The van der Waals surface area contributed by atoms with Crippen molar-refractivity contribution in [3.8, 4) is 17.0 Å². The van der Waals surface area contributed by atoms with Crippen LogP contribution in [-0.2, 0) is 9.84 Å². The van der Waals surface area contributed by atoms with Crippen LogP contribution in [0.2, 0.25) is 0 Å². The van der Waals surface area contributed by atoms with Gasteiger partial charge < -0.3 is 4.74 Å². The first kappa shape index (κ1) is 15.1. The van der Waals surface area contributed by atoms with Gasteiger partial charge in [0.15, 0.2) is 27.1 Å². The monoisotopic (exact) mass is 343 g/mol. The van der Waals surface area contributed by atoms with Crippen LogP contribution in [0.1, 0.15) is 24.6 Å². The van der Waals surface area contributed by atoms with E-state index >= 15 is 0 Å². The number of hydrogen-bond donors (Lipinski definition) is 0. The fourth-order valence-electron chi connectivity index (χ4n) is 2.73. The SMILES string of the molecule is COc1ccc(-c2cccc(S(C)(=O)=O)c2)n2nc(C3CC3)nc12. The number of rotatable bonds is 4. The maximum absolute atomic E-state index is 11.8. The van der Waals surface area contributed by atoms with E-state index in [0.29, 0.717) is 17.3 Å². The van der Waals surface area contributed by atoms with E-state index in [1.807, 2.05) is 18.2 Å². The molecular formula is C17H17N3O3S. The first-order valence-electron chi connectivity index (χ1n) is 7.71. The molecule has 1 aromatic carbocycles. The van der Waals surface area contributed by atoms with Gasteiger partial charge in [0.25, 0.3) is 0 Å². The minimum atomic E-state index is -3.27.